The fourth-order valence-electron chi connectivity index (χ4n) is 1.55. The number of rotatable bonds is 7. The SMILES string of the molecule is CCNc1ncc(F)cc1C(=O)NCCCS(C)(=O)=O. The zero-order valence-electron chi connectivity index (χ0n) is 11.4. The van der Waals surface area contributed by atoms with Gasteiger partial charge < -0.3 is 10.6 Å². The molecule has 20 heavy (non-hydrogen) atoms. The van der Waals surface area contributed by atoms with Gasteiger partial charge in [-0.25, -0.2) is 17.8 Å². The Bertz CT molecular complexity index is 575. The zero-order chi connectivity index (χ0) is 15.2. The van der Waals surface area contributed by atoms with Crippen molar-refractivity contribution in [2.24, 2.45) is 0 Å². The molecular weight excluding hydrogens is 285 g/mol. The second-order valence-corrected chi connectivity index (χ2v) is 6.58. The maximum Gasteiger partial charge on any atom is 0.255 e. The third-order valence-corrected chi connectivity index (χ3v) is 3.45. The summed E-state index contributed by atoms with van der Waals surface area (Å²) in [5.74, 6) is -0.793. The lowest BCUT2D eigenvalue weighted by Crippen LogP contribution is -2.27. The van der Waals surface area contributed by atoms with E-state index in [4.69, 9.17) is 0 Å². The molecule has 0 saturated heterocycles. The van der Waals surface area contributed by atoms with E-state index in [9.17, 15) is 17.6 Å². The standard InChI is InChI=1S/C12H18FN3O3S/c1-3-14-11-10(7-9(13)8-16-11)12(17)15-5-4-6-20(2,18)19/h7-8H,3-6H2,1-2H3,(H,14,16)(H,15,17). The summed E-state index contributed by atoms with van der Waals surface area (Å²) in [7, 11) is -3.05. The summed E-state index contributed by atoms with van der Waals surface area (Å²) in [6.07, 6.45) is 2.47. The number of nitrogens with one attached hydrogen (secondary N) is 2. The fraction of sp³-hybridized carbons (Fsp3) is 0.500. The number of anilines is 1. The van der Waals surface area contributed by atoms with Gasteiger partial charge in [0.15, 0.2) is 0 Å². The molecule has 2 N–H and O–H groups in total. The second kappa shape index (κ2) is 7.18. The predicted octanol–water partition coefficient (Wildman–Crippen LogP) is 0.817. The van der Waals surface area contributed by atoms with Gasteiger partial charge in [0.25, 0.3) is 5.91 Å². The van der Waals surface area contributed by atoms with Crippen LogP contribution in [-0.2, 0) is 9.84 Å². The van der Waals surface area contributed by atoms with Crippen molar-refractivity contribution in [2.75, 3.05) is 30.4 Å². The Morgan fingerprint density at radius 1 is 1.45 bits per heavy atom. The molecular formula is C12H18FN3O3S. The molecule has 0 aliphatic rings. The van der Waals surface area contributed by atoms with E-state index in [1.807, 2.05) is 6.92 Å². The van der Waals surface area contributed by atoms with Crippen molar-refractivity contribution in [1.82, 2.24) is 10.3 Å². The van der Waals surface area contributed by atoms with E-state index in [0.717, 1.165) is 18.5 Å². The molecule has 6 nitrogen and oxygen atoms in total. The van der Waals surface area contributed by atoms with Crippen LogP contribution in [0, 0.1) is 5.82 Å². The average molecular weight is 303 g/mol. The normalized spacial score (nSPS) is 11.2. The number of nitrogens with zero attached hydrogens (tertiary/aromatic N) is 1. The maximum atomic E-state index is 13.1. The van der Waals surface area contributed by atoms with E-state index < -0.39 is 21.6 Å². The number of hydrogen-bond acceptors (Lipinski definition) is 5. The van der Waals surface area contributed by atoms with Crippen molar-refractivity contribution < 1.29 is 17.6 Å². The number of aromatic nitrogens is 1. The third-order valence-electron chi connectivity index (χ3n) is 2.42. The fourth-order valence-corrected chi connectivity index (χ4v) is 2.22. The molecule has 1 rings (SSSR count). The topological polar surface area (TPSA) is 88.2 Å². The van der Waals surface area contributed by atoms with E-state index >= 15 is 0 Å². The minimum Gasteiger partial charge on any atom is -0.370 e. The lowest BCUT2D eigenvalue weighted by Gasteiger charge is -2.10. The highest BCUT2D eigenvalue weighted by Crippen LogP contribution is 2.13. The Morgan fingerprint density at radius 2 is 2.15 bits per heavy atom. The van der Waals surface area contributed by atoms with Crippen LogP contribution in [0.25, 0.3) is 0 Å². The number of carbonyl (C=O) groups excluding carboxylic acids is 1. The van der Waals surface area contributed by atoms with E-state index in [-0.39, 0.29) is 17.9 Å². The Morgan fingerprint density at radius 3 is 2.75 bits per heavy atom. The van der Waals surface area contributed by atoms with Gasteiger partial charge in [-0.3, -0.25) is 4.79 Å². The summed E-state index contributed by atoms with van der Waals surface area (Å²) in [5, 5.41) is 5.41. The molecule has 0 fully saturated rings. The van der Waals surface area contributed by atoms with E-state index in [1.165, 1.54) is 0 Å². The Hall–Kier alpha value is -1.70. The Balaban J connectivity index is 2.65. The lowest BCUT2D eigenvalue weighted by atomic mass is 10.2. The van der Waals surface area contributed by atoms with Crippen molar-refractivity contribution in [1.29, 1.82) is 0 Å². The maximum absolute atomic E-state index is 13.1. The van der Waals surface area contributed by atoms with Gasteiger partial charge in [0.1, 0.15) is 21.5 Å². The average Bonchev–Trinajstić information content (AvgIpc) is 2.35. The van der Waals surface area contributed by atoms with Crippen LogP contribution in [0.4, 0.5) is 10.2 Å². The van der Waals surface area contributed by atoms with Crippen LogP contribution in [0.2, 0.25) is 0 Å². The van der Waals surface area contributed by atoms with E-state index in [2.05, 4.69) is 15.6 Å². The Kier molecular flexibility index (Phi) is 5.87. The second-order valence-electron chi connectivity index (χ2n) is 4.32. The summed E-state index contributed by atoms with van der Waals surface area (Å²) < 4.78 is 35.0. The number of amides is 1. The highest BCUT2D eigenvalue weighted by atomic mass is 32.2. The van der Waals surface area contributed by atoms with E-state index in [1.54, 1.807) is 0 Å². The number of halogens is 1. The van der Waals surface area contributed by atoms with Crippen molar-refractivity contribution in [3.05, 3.63) is 23.6 Å². The van der Waals surface area contributed by atoms with Gasteiger partial charge in [-0.15, -0.1) is 0 Å². The molecule has 1 amide bonds. The summed E-state index contributed by atoms with van der Waals surface area (Å²) >= 11 is 0. The van der Waals surface area contributed by atoms with Gasteiger partial charge in [0.2, 0.25) is 0 Å². The van der Waals surface area contributed by atoms with Gasteiger partial charge in [0, 0.05) is 19.3 Å². The van der Waals surface area contributed by atoms with Gasteiger partial charge in [-0.2, -0.15) is 0 Å². The number of hydrogen-bond donors (Lipinski definition) is 2. The van der Waals surface area contributed by atoms with Crippen LogP contribution >= 0.6 is 0 Å². The molecule has 0 radical (unpaired) electrons. The molecule has 0 aliphatic carbocycles. The minimum atomic E-state index is -3.05. The molecule has 1 aromatic rings. The van der Waals surface area contributed by atoms with Crippen LogP contribution in [0.15, 0.2) is 12.3 Å². The monoisotopic (exact) mass is 303 g/mol. The number of sulfone groups is 1. The van der Waals surface area contributed by atoms with Crippen LogP contribution < -0.4 is 10.6 Å². The highest BCUT2D eigenvalue weighted by Gasteiger charge is 2.13. The van der Waals surface area contributed by atoms with E-state index in [0.29, 0.717) is 18.8 Å². The highest BCUT2D eigenvalue weighted by molar-refractivity contribution is 7.90. The van der Waals surface area contributed by atoms with Crippen molar-refractivity contribution >= 4 is 21.6 Å². The minimum absolute atomic E-state index is 0.00521. The summed E-state index contributed by atoms with van der Waals surface area (Å²) in [5.41, 5.74) is 0.103. The smallest absolute Gasteiger partial charge is 0.255 e. The van der Waals surface area contributed by atoms with Crippen LogP contribution in [-0.4, -0.2) is 44.4 Å². The molecule has 0 atom stereocenters. The molecule has 0 aliphatic heterocycles. The summed E-state index contributed by atoms with van der Waals surface area (Å²) in [6.45, 7) is 2.58. The first-order chi connectivity index (χ1) is 9.33. The predicted molar refractivity (Wildman–Crippen MR) is 75.0 cm³/mol. The lowest BCUT2D eigenvalue weighted by molar-refractivity contribution is 0.0953. The number of pyridine rings is 1. The summed E-state index contributed by atoms with van der Waals surface area (Å²) in [4.78, 5) is 15.7. The largest absolute Gasteiger partial charge is 0.370 e. The molecule has 1 aromatic heterocycles. The van der Waals surface area contributed by atoms with Crippen LogP contribution in [0.3, 0.4) is 0 Å². The van der Waals surface area contributed by atoms with Gasteiger partial charge in [-0.05, 0) is 19.4 Å². The third kappa shape index (κ3) is 5.52. The van der Waals surface area contributed by atoms with Crippen LogP contribution in [0.1, 0.15) is 23.7 Å². The zero-order valence-corrected chi connectivity index (χ0v) is 12.3. The van der Waals surface area contributed by atoms with Crippen molar-refractivity contribution in [2.45, 2.75) is 13.3 Å². The first-order valence-electron chi connectivity index (χ1n) is 6.19. The van der Waals surface area contributed by atoms with Gasteiger partial charge >= 0.3 is 0 Å². The molecule has 0 spiro atoms. The molecule has 0 saturated carbocycles. The first-order valence-corrected chi connectivity index (χ1v) is 8.25. The molecule has 0 aromatic carbocycles. The van der Waals surface area contributed by atoms with Gasteiger partial charge in [-0.1, -0.05) is 0 Å². The van der Waals surface area contributed by atoms with Crippen molar-refractivity contribution in [3.8, 4) is 0 Å². The molecule has 0 bridgehead atoms. The quantitative estimate of drug-likeness (QED) is 0.728. The number of carbonyl (C=O) groups is 1. The molecule has 8 heteroatoms. The first kappa shape index (κ1) is 16.4. The molecule has 1 heterocycles. The van der Waals surface area contributed by atoms with Crippen LogP contribution in [0.5, 0.6) is 0 Å². The molecule has 112 valence electrons. The van der Waals surface area contributed by atoms with Crippen molar-refractivity contribution in [3.63, 3.8) is 0 Å². The Labute approximate surface area is 117 Å². The van der Waals surface area contributed by atoms with Gasteiger partial charge in [0.05, 0.1) is 17.5 Å². The summed E-state index contributed by atoms with van der Waals surface area (Å²) in [6, 6.07) is 1.09. The molecule has 0 unspecified atom stereocenters.